The highest BCUT2D eigenvalue weighted by atomic mass is 32.2. The van der Waals surface area contributed by atoms with E-state index in [9.17, 15) is 4.79 Å². The summed E-state index contributed by atoms with van der Waals surface area (Å²) >= 11 is 2.05. The Hall–Kier alpha value is -1.23. The summed E-state index contributed by atoms with van der Waals surface area (Å²) in [6.07, 6.45) is 5.37. The Morgan fingerprint density at radius 2 is 2.37 bits per heavy atom. The minimum atomic E-state index is -0.144. The van der Waals surface area contributed by atoms with E-state index in [1.165, 1.54) is 25.0 Å². The van der Waals surface area contributed by atoms with Crippen molar-refractivity contribution in [1.82, 2.24) is 10.3 Å². The summed E-state index contributed by atoms with van der Waals surface area (Å²) in [6, 6.07) is 4.26. The van der Waals surface area contributed by atoms with Crippen LogP contribution in [0.5, 0.6) is 0 Å². The number of carbonyl (C=O) groups excluding carboxylic acids is 1. The first kappa shape index (κ1) is 14.2. The Morgan fingerprint density at radius 3 is 3.11 bits per heavy atom. The van der Waals surface area contributed by atoms with E-state index in [2.05, 4.69) is 22.5 Å². The number of nitrogens with one attached hydrogen (secondary N) is 2. The van der Waals surface area contributed by atoms with E-state index in [4.69, 9.17) is 0 Å². The average molecular weight is 279 g/mol. The molecule has 0 spiro atoms. The molecule has 1 fully saturated rings. The lowest BCUT2D eigenvalue weighted by atomic mass is 10.2. The van der Waals surface area contributed by atoms with Gasteiger partial charge in [0.25, 0.3) is 5.91 Å². The number of thioether (sulfide) groups is 1. The summed E-state index contributed by atoms with van der Waals surface area (Å²) in [4.78, 5) is 15.6. The first-order chi connectivity index (χ1) is 9.22. The summed E-state index contributed by atoms with van der Waals surface area (Å²) in [5.74, 6) is 1.04. The SMILES string of the molecule is CCSC1CCC(Nc2ccnc(C(=O)NC)c2)C1. The van der Waals surface area contributed by atoms with Gasteiger partial charge in [-0.05, 0) is 37.1 Å². The molecule has 2 N–H and O–H groups in total. The molecule has 1 saturated carbocycles. The largest absolute Gasteiger partial charge is 0.382 e. The van der Waals surface area contributed by atoms with Gasteiger partial charge in [-0.3, -0.25) is 9.78 Å². The van der Waals surface area contributed by atoms with Gasteiger partial charge in [-0.2, -0.15) is 11.8 Å². The van der Waals surface area contributed by atoms with Crippen molar-refractivity contribution in [2.45, 2.75) is 37.5 Å². The second-order valence-corrected chi connectivity index (χ2v) is 6.32. The number of anilines is 1. The van der Waals surface area contributed by atoms with Gasteiger partial charge in [-0.1, -0.05) is 6.92 Å². The van der Waals surface area contributed by atoms with Crippen molar-refractivity contribution in [2.24, 2.45) is 0 Å². The van der Waals surface area contributed by atoms with E-state index >= 15 is 0 Å². The van der Waals surface area contributed by atoms with E-state index in [0.717, 1.165) is 10.9 Å². The van der Waals surface area contributed by atoms with E-state index in [1.807, 2.05) is 23.9 Å². The smallest absolute Gasteiger partial charge is 0.269 e. The van der Waals surface area contributed by atoms with Gasteiger partial charge in [0.1, 0.15) is 5.69 Å². The third-order valence-corrected chi connectivity index (χ3v) is 4.61. The molecule has 2 unspecified atom stereocenters. The third-order valence-electron chi connectivity index (χ3n) is 3.38. The monoisotopic (exact) mass is 279 g/mol. The third kappa shape index (κ3) is 3.86. The molecule has 4 nitrogen and oxygen atoms in total. The zero-order valence-electron chi connectivity index (χ0n) is 11.5. The molecular weight excluding hydrogens is 258 g/mol. The fourth-order valence-corrected chi connectivity index (χ4v) is 3.61. The van der Waals surface area contributed by atoms with Crippen LogP contribution in [0.25, 0.3) is 0 Å². The summed E-state index contributed by atoms with van der Waals surface area (Å²) in [6.45, 7) is 2.21. The molecule has 1 aromatic heterocycles. The van der Waals surface area contributed by atoms with Crippen molar-refractivity contribution in [2.75, 3.05) is 18.1 Å². The highest BCUT2D eigenvalue weighted by Gasteiger charge is 2.24. The van der Waals surface area contributed by atoms with Crippen LogP contribution in [0.4, 0.5) is 5.69 Å². The maximum Gasteiger partial charge on any atom is 0.269 e. The van der Waals surface area contributed by atoms with Gasteiger partial charge >= 0.3 is 0 Å². The number of amides is 1. The van der Waals surface area contributed by atoms with Crippen molar-refractivity contribution >= 4 is 23.4 Å². The van der Waals surface area contributed by atoms with Gasteiger partial charge in [0, 0.05) is 30.2 Å². The normalized spacial score (nSPS) is 22.2. The Bertz CT molecular complexity index is 438. The molecule has 104 valence electrons. The van der Waals surface area contributed by atoms with Crippen LogP contribution in [0.15, 0.2) is 18.3 Å². The summed E-state index contributed by atoms with van der Waals surface area (Å²) < 4.78 is 0. The van der Waals surface area contributed by atoms with Crippen molar-refractivity contribution in [3.8, 4) is 0 Å². The van der Waals surface area contributed by atoms with Gasteiger partial charge in [0.05, 0.1) is 0 Å². The number of hydrogen-bond acceptors (Lipinski definition) is 4. The van der Waals surface area contributed by atoms with Gasteiger partial charge in [0.15, 0.2) is 0 Å². The number of aromatic nitrogens is 1. The summed E-state index contributed by atoms with van der Waals surface area (Å²) in [5.41, 5.74) is 1.45. The van der Waals surface area contributed by atoms with Crippen LogP contribution >= 0.6 is 11.8 Å². The molecule has 0 saturated heterocycles. The van der Waals surface area contributed by atoms with Gasteiger partial charge in [-0.25, -0.2) is 0 Å². The van der Waals surface area contributed by atoms with Crippen LogP contribution in [-0.2, 0) is 0 Å². The number of nitrogens with zero attached hydrogens (tertiary/aromatic N) is 1. The highest BCUT2D eigenvalue weighted by molar-refractivity contribution is 7.99. The van der Waals surface area contributed by atoms with Gasteiger partial charge in [-0.15, -0.1) is 0 Å². The minimum Gasteiger partial charge on any atom is -0.382 e. The second kappa shape index (κ2) is 6.80. The molecule has 19 heavy (non-hydrogen) atoms. The molecular formula is C14H21N3OS. The first-order valence-corrected chi connectivity index (χ1v) is 7.84. The molecule has 1 amide bonds. The predicted octanol–water partition coefficient (Wildman–Crippen LogP) is 2.53. The van der Waals surface area contributed by atoms with E-state index in [0.29, 0.717) is 11.7 Å². The zero-order valence-corrected chi connectivity index (χ0v) is 12.3. The quantitative estimate of drug-likeness (QED) is 0.869. The first-order valence-electron chi connectivity index (χ1n) is 6.79. The van der Waals surface area contributed by atoms with Crippen LogP contribution in [0.2, 0.25) is 0 Å². The summed E-state index contributed by atoms with van der Waals surface area (Å²) in [5, 5.41) is 6.89. The van der Waals surface area contributed by atoms with Crippen LogP contribution in [0, 0.1) is 0 Å². The molecule has 1 aliphatic carbocycles. The molecule has 0 radical (unpaired) electrons. The molecule has 0 aromatic carbocycles. The summed E-state index contributed by atoms with van der Waals surface area (Å²) in [7, 11) is 1.62. The molecule has 1 aliphatic rings. The molecule has 5 heteroatoms. The molecule has 2 atom stereocenters. The molecule has 2 rings (SSSR count). The fourth-order valence-electron chi connectivity index (χ4n) is 2.47. The van der Waals surface area contributed by atoms with Gasteiger partial charge < -0.3 is 10.6 Å². The van der Waals surface area contributed by atoms with Crippen molar-refractivity contribution in [1.29, 1.82) is 0 Å². The van der Waals surface area contributed by atoms with Gasteiger partial charge in [0.2, 0.25) is 0 Å². The molecule has 1 heterocycles. The number of carbonyl (C=O) groups is 1. The molecule has 0 bridgehead atoms. The lowest BCUT2D eigenvalue weighted by molar-refractivity contribution is 0.0958. The Balaban J connectivity index is 1.94. The standard InChI is InChI=1S/C14H21N3OS/c1-3-19-12-5-4-10(8-12)17-11-6-7-16-13(9-11)14(18)15-2/h6-7,9-10,12H,3-5,8H2,1-2H3,(H,15,18)(H,16,17). The van der Waals surface area contributed by atoms with Crippen molar-refractivity contribution in [3.63, 3.8) is 0 Å². The Labute approximate surface area is 118 Å². The fraction of sp³-hybridized carbons (Fsp3) is 0.571. The Kier molecular flexibility index (Phi) is 5.07. The lowest BCUT2D eigenvalue weighted by Crippen LogP contribution is -2.20. The van der Waals surface area contributed by atoms with Crippen molar-refractivity contribution < 1.29 is 4.79 Å². The zero-order chi connectivity index (χ0) is 13.7. The van der Waals surface area contributed by atoms with Crippen molar-refractivity contribution in [3.05, 3.63) is 24.0 Å². The molecule has 1 aromatic rings. The highest BCUT2D eigenvalue weighted by Crippen LogP contribution is 2.31. The minimum absolute atomic E-state index is 0.144. The van der Waals surface area contributed by atoms with Crippen LogP contribution < -0.4 is 10.6 Å². The van der Waals surface area contributed by atoms with E-state index in [-0.39, 0.29) is 5.91 Å². The maximum absolute atomic E-state index is 11.5. The predicted molar refractivity (Wildman–Crippen MR) is 80.8 cm³/mol. The van der Waals surface area contributed by atoms with Crippen LogP contribution in [0.1, 0.15) is 36.7 Å². The average Bonchev–Trinajstić information content (AvgIpc) is 2.86. The van der Waals surface area contributed by atoms with E-state index < -0.39 is 0 Å². The number of pyridine rings is 1. The topological polar surface area (TPSA) is 54.0 Å². The van der Waals surface area contributed by atoms with E-state index in [1.54, 1.807) is 13.2 Å². The molecule has 0 aliphatic heterocycles. The number of rotatable bonds is 5. The van der Waals surface area contributed by atoms with Crippen LogP contribution in [0.3, 0.4) is 0 Å². The maximum atomic E-state index is 11.5. The number of hydrogen-bond donors (Lipinski definition) is 2. The lowest BCUT2D eigenvalue weighted by Gasteiger charge is -2.14. The van der Waals surface area contributed by atoms with Crippen LogP contribution in [-0.4, -0.2) is 35.0 Å². The Morgan fingerprint density at radius 1 is 1.53 bits per heavy atom. The second-order valence-electron chi connectivity index (χ2n) is 4.74.